The van der Waals surface area contributed by atoms with Crippen LogP contribution in [0.1, 0.15) is 78.4 Å². The van der Waals surface area contributed by atoms with Gasteiger partial charge in [-0.2, -0.15) is 0 Å². The Balaban J connectivity index is 1.41. The topological polar surface area (TPSA) is 49.3 Å². The molecule has 5 heteroatoms. The van der Waals surface area contributed by atoms with Gasteiger partial charge < -0.3 is 4.90 Å². The molecule has 4 rings (SSSR count). The van der Waals surface area contributed by atoms with E-state index in [0.717, 1.165) is 69.8 Å². The van der Waals surface area contributed by atoms with Gasteiger partial charge in [-0.15, -0.1) is 0 Å². The molecule has 1 aromatic carbocycles. The molecular weight excluding hydrogens is 372 g/mol. The first-order valence-corrected chi connectivity index (χ1v) is 11.6. The van der Waals surface area contributed by atoms with Gasteiger partial charge in [-0.25, -0.2) is 9.97 Å². The average molecular weight is 407 g/mol. The molecular formula is C25H34N4O. The number of carbonyl (C=O) groups is 1. The molecule has 2 aliphatic rings. The largest absolute Gasteiger partial charge is 0.339 e. The quantitative estimate of drug-likeness (QED) is 0.705. The van der Waals surface area contributed by atoms with Gasteiger partial charge in [0, 0.05) is 19.3 Å². The summed E-state index contributed by atoms with van der Waals surface area (Å²) >= 11 is 0. The van der Waals surface area contributed by atoms with Gasteiger partial charge in [0.2, 0.25) is 0 Å². The standard InChI is InChI=1S/C25H34N4O/c1-20-22(25(30)29-16-7-3-8-17-29)19-26-24(27-20)23-14-6-9-15-28(23)18-10-13-21-11-4-2-5-12-21/h2,4-5,11-12,19,23H,3,6-10,13-18H2,1H3/t23-/m1/s1. The van der Waals surface area contributed by atoms with E-state index in [1.807, 2.05) is 11.8 Å². The molecule has 0 spiro atoms. The minimum absolute atomic E-state index is 0.0992. The maximum atomic E-state index is 12.9. The van der Waals surface area contributed by atoms with E-state index in [2.05, 4.69) is 35.2 Å². The lowest BCUT2D eigenvalue weighted by Gasteiger charge is -2.35. The highest BCUT2D eigenvalue weighted by Crippen LogP contribution is 2.29. The lowest BCUT2D eigenvalue weighted by Crippen LogP contribution is -2.37. The lowest BCUT2D eigenvalue weighted by molar-refractivity contribution is 0.0722. The molecule has 1 atom stereocenters. The molecule has 0 saturated carbocycles. The van der Waals surface area contributed by atoms with Gasteiger partial charge in [0.25, 0.3) is 5.91 Å². The second-order valence-corrected chi connectivity index (χ2v) is 8.72. The fourth-order valence-corrected chi connectivity index (χ4v) is 4.80. The summed E-state index contributed by atoms with van der Waals surface area (Å²) in [6.45, 7) is 5.85. The Morgan fingerprint density at radius 3 is 2.57 bits per heavy atom. The first-order chi connectivity index (χ1) is 14.7. The molecule has 5 nitrogen and oxygen atoms in total. The van der Waals surface area contributed by atoms with E-state index in [9.17, 15) is 4.79 Å². The smallest absolute Gasteiger partial charge is 0.257 e. The SMILES string of the molecule is Cc1nc([C@H]2CCCCN2CCCc2ccccc2)ncc1C(=O)N1CCCCC1. The van der Waals surface area contributed by atoms with Crippen LogP contribution in [-0.4, -0.2) is 51.9 Å². The highest BCUT2D eigenvalue weighted by atomic mass is 16.2. The highest BCUT2D eigenvalue weighted by Gasteiger charge is 2.27. The molecule has 2 saturated heterocycles. The summed E-state index contributed by atoms with van der Waals surface area (Å²) in [7, 11) is 0. The number of carbonyl (C=O) groups excluding carboxylic acids is 1. The van der Waals surface area contributed by atoms with Crippen molar-refractivity contribution in [2.75, 3.05) is 26.2 Å². The van der Waals surface area contributed by atoms with Crippen molar-refractivity contribution in [1.82, 2.24) is 19.8 Å². The Hall–Kier alpha value is -2.27. The second-order valence-electron chi connectivity index (χ2n) is 8.72. The summed E-state index contributed by atoms with van der Waals surface area (Å²) in [6, 6.07) is 11.0. The van der Waals surface area contributed by atoms with Crippen LogP contribution in [0.4, 0.5) is 0 Å². The van der Waals surface area contributed by atoms with Crippen LogP contribution in [0.15, 0.2) is 36.5 Å². The van der Waals surface area contributed by atoms with Crippen molar-refractivity contribution in [3.63, 3.8) is 0 Å². The Morgan fingerprint density at radius 2 is 1.80 bits per heavy atom. The number of rotatable bonds is 6. The molecule has 0 unspecified atom stereocenters. The van der Waals surface area contributed by atoms with Gasteiger partial charge in [0.05, 0.1) is 17.3 Å². The zero-order valence-electron chi connectivity index (χ0n) is 18.2. The molecule has 1 amide bonds. The van der Waals surface area contributed by atoms with Crippen molar-refractivity contribution >= 4 is 5.91 Å². The summed E-state index contributed by atoms with van der Waals surface area (Å²) in [5.74, 6) is 0.990. The molecule has 2 fully saturated rings. The van der Waals surface area contributed by atoms with Crippen LogP contribution >= 0.6 is 0 Å². The fourth-order valence-electron chi connectivity index (χ4n) is 4.80. The second kappa shape index (κ2) is 10.2. The third-order valence-electron chi connectivity index (χ3n) is 6.54. The minimum Gasteiger partial charge on any atom is -0.339 e. The van der Waals surface area contributed by atoms with E-state index < -0.39 is 0 Å². The molecule has 3 heterocycles. The fraction of sp³-hybridized carbons (Fsp3) is 0.560. The summed E-state index contributed by atoms with van der Waals surface area (Å²) in [4.78, 5) is 26.9. The van der Waals surface area contributed by atoms with Crippen LogP contribution in [0.25, 0.3) is 0 Å². The van der Waals surface area contributed by atoms with Crippen molar-refractivity contribution in [3.05, 3.63) is 59.2 Å². The summed E-state index contributed by atoms with van der Waals surface area (Å²) in [6.07, 6.45) is 11.0. The van der Waals surface area contributed by atoms with Crippen LogP contribution in [0.3, 0.4) is 0 Å². The summed E-state index contributed by atoms with van der Waals surface area (Å²) in [5.41, 5.74) is 2.90. The Kier molecular flexibility index (Phi) is 7.11. The number of hydrogen-bond acceptors (Lipinski definition) is 4. The first kappa shape index (κ1) is 21.0. The Bertz CT molecular complexity index is 832. The molecule has 0 N–H and O–H groups in total. The molecule has 0 bridgehead atoms. The first-order valence-electron chi connectivity index (χ1n) is 11.6. The third-order valence-corrected chi connectivity index (χ3v) is 6.54. The van der Waals surface area contributed by atoms with E-state index in [0.29, 0.717) is 5.56 Å². The molecule has 30 heavy (non-hydrogen) atoms. The van der Waals surface area contributed by atoms with Crippen molar-refractivity contribution < 1.29 is 4.79 Å². The predicted molar refractivity (Wildman–Crippen MR) is 119 cm³/mol. The summed E-state index contributed by atoms with van der Waals surface area (Å²) < 4.78 is 0. The number of amides is 1. The molecule has 160 valence electrons. The number of piperidine rings is 2. The van der Waals surface area contributed by atoms with Gasteiger partial charge in [0.15, 0.2) is 0 Å². The zero-order valence-corrected chi connectivity index (χ0v) is 18.2. The van der Waals surface area contributed by atoms with Crippen LogP contribution in [-0.2, 0) is 6.42 Å². The van der Waals surface area contributed by atoms with E-state index in [-0.39, 0.29) is 11.9 Å². The lowest BCUT2D eigenvalue weighted by atomic mass is 10.00. The number of benzene rings is 1. The molecule has 0 aliphatic carbocycles. The normalized spacial score (nSPS) is 20.3. The molecule has 1 aromatic heterocycles. The zero-order chi connectivity index (χ0) is 20.8. The van der Waals surface area contributed by atoms with E-state index >= 15 is 0 Å². The van der Waals surface area contributed by atoms with Gasteiger partial charge >= 0.3 is 0 Å². The third kappa shape index (κ3) is 5.07. The van der Waals surface area contributed by atoms with Crippen molar-refractivity contribution in [2.24, 2.45) is 0 Å². The maximum absolute atomic E-state index is 12.9. The van der Waals surface area contributed by atoms with E-state index in [1.165, 1.54) is 24.8 Å². The maximum Gasteiger partial charge on any atom is 0.257 e. The van der Waals surface area contributed by atoms with Gasteiger partial charge in [0.1, 0.15) is 5.82 Å². The summed E-state index contributed by atoms with van der Waals surface area (Å²) in [5, 5.41) is 0. The average Bonchev–Trinajstić information content (AvgIpc) is 2.80. The minimum atomic E-state index is 0.0992. The van der Waals surface area contributed by atoms with E-state index in [4.69, 9.17) is 9.97 Å². The van der Waals surface area contributed by atoms with Crippen LogP contribution in [0.2, 0.25) is 0 Å². The van der Waals surface area contributed by atoms with Crippen molar-refractivity contribution in [1.29, 1.82) is 0 Å². The monoisotopic (exact) mass is 406 g/mol. The van der Waals surface area contributed by atoms with Crippen LogP contribution in [0, 0.1) is 6.92 Å². The Labute approximate surface area is 180 Å². The molecule has 0 radical (unpaired) electrons. The van der Waals surface area contributed by atoms with Crippen molar-refractivity contribution in [3.8, 4) is 0 Å². The Morgan fingerprint density at radius 1 is 1.03 bits per heavy atom. The van der Waals surface area contributed by atoms with Crippen LogP contribution < -0.4 is 0 Å². The number of aromatic nitrogens is 2. The van der Waals surface area contributed by atoms with Gasteiger partial charge in [-0.1, -0.05) is 36.8 Å². The van der Waals surface area contributed by atoms with Crippen LogP contribution in [0.5, 0.6) is 0 Å². The van der Waals surface area contributed by atoms with Crippen molar-refractivity contribution in [2.45, 2.75) is 64.3 Å². The number of hydrogen-bond donors (Lipinski definition) is 0. The predicted octanol–water partition coefficient (Wildman–Crippen LogP) is 4.57. The van der Waals surface area contributed by atoms with E-state index in [1.54, 1.807) is 6.20 Å². The van der Waals surface area contributed by atoms with Gasteiger partial charge in [-0.05, 0) is 70.5 Å². The number of aryl methyl sites for hydroxylation is 2. The number of likely N-dealkylation sites (tertiary alicyclic amines) is 2. The van der Waals surface area contributed by atoms with Gasteiger partial charge in [-0.3, -0.25) is 9.69 Å². The highest BCUT2D eigenvalue weighted by molar-refractivity contribution is 5.95. The number of nitrogens with zero attached hydrogens (tertiary/aromatic N) is 4. The molecule has 2 aromatic rings. The molecule has 2 aliphatic heterocycles.